The van der Waals surface area contributed by atoms with Crippen LogP contribution in [-0.2, 0) is 6.42 Å². The predicted molar refractivity (Wildman–Crippen MR) is 118 cm³/mol. The summed E-state index contributed by atoms with van der Waals surface area (Å²) >= 11 is 0. The van der Waals surface area contributed by atoms with Gasteiger partial charge in [-0.05, 0) is 57.0 Å². The van der Waals surface area contributed by atoms with Crippen LogP contribution in [0.3, 0.4) is 0 Å². The Bertz CT molecular complexity index is 878. The number of nitrogens with zero attached hydrogens (tertiary/aromatic N) is 1. The minimum absolute atomic E-state index is 0. The van der Waals surface area contributed by atoms with Gasteiger partial charge < -0.3 is 20.5 Å². The first-order valence-electron chi connectivity index (χ1n) is 9.66. The number of nitrogens with one attached hydrogen (secondary N) is 3. The quantitative estimate of drug-likeness (QED) is 0.701. The number of H-pyrrole nitrogens is 1. The van der Waals surface area contributed by atoms with Gasteiger partial charge in [0.25, 0.3) is 11.5 Å². The first-order valence-corrected chi connectivity index (χ1v) is 9.66. The van der Waals surface area contributed by atoms with Gasteiger partial charge in [-0.15, -0.1) is 24.8 Å². The van der Waals surface area contributed by atoms with Gasteiger partial charge in [0.15, 0.2) is 0 Å². The molecule has 0 saturated carbocycles. The van der Waals surface area contributed by atoms with Crippen molar-refractivity contribution in [1.82, 2.24) is 15.2 Å². The minimum Gasteiger partial charge on any atom is -0.384 e. The average Bonchev–Trinajstić information content (AvgIpc) is 2.69. The third-order valence-corrected chi connectivity index (χ3v) is 5.44. The van der Waals surface area contributed by atoms with Crippen LogP contribution in [0.1, 0.15) is 41.6 Å². The number of hydrogen-bond donors (Lipinski definition) is 3. The zero-order valence-corrected chi connectivity index (χ0v) is 17.5. The Labute approximate surface area is 177 Å². The van der Waals surface area contributed by atoms with Crippen molar-refractivity contribution in [3.8, 4) is 0 Å². The summed E-state index contributed by atoms with van der Waals surface area (Å²) in [5.41, 5.74) is 3.06. The van der Waals surface area contributed by atoms with Gasteiger partial charge in [-0.1, -0.05) is 6.42 Å². The highest BCUT2D eigenvalue weighted by molar-refractivity contribution is 6.01. The number of carbonyl (C=O) groups excluding carboxylic acids is 1. The summed E-state index contributed by atoms with van der Waals surface area (Å²) in [7, 11) is 0. The fraction of sp³-hybridized carbons (Fsp3) is 0.500. The zero-order valence-electron chi connectivity index (χ0n) is 15.9. The second kappa shape index (κ2) is 10.1. The molecule has 1 aromatic carbocycles. The molecule has 2 aliphatic rings. The SMILES string of the molecule is Cl.Cl.O=C(NCCN1CCCCC1)c1ccc2[nH]c(=O)c3c(c2c1)NCCC3. The lowest BCUT2D eigenvalue weighted by atomic mass is 10.00. The number of rotatable bonds is 4. The number of anilines is 1. The van der Waals surface area contributed by atoms with E-state index in [9.17, 15) is 9.59 Å². The normalized spacial score (nSPS) is 16.3. The monoisotopic (exact) mass is 426 g/mol. The predicted octanol–water partition coefficient (Wildman–Crippen LogP) is 2.95. The molecule has 1 aromatic heterocycles. The molecule has 3 N–H and O–H groups in total. The van der Waals surface area contributed by atoms with Crippen molar-refractivity contribution in [2.75, 3.05) is 38.0 Å². The van der Waals surface area contributed by atoms with Crippen LogP contribution in [-0.4, -0.2) is 48.5 Å². The van der Waals surface area contributed by atoms with E-state index in [1.54, 1.807) is 6.07 Å². The van der Waals surface area contributed by atoms with Crippen molar-refractivity contribution in [3.05, 3.63) is 39.7 Å². The van der Waals surface area contributed by atoms with E-state index >= 15 is 0 Å². The van der Waals surface area contributed by atoms with E-state index in [-0.39, 0.29) is 36.3 Å². The largest absolute Gasteiger partial charge is 0.384 e. The number of aromatic nitrogens is 1. The summed E-state index contributed by atoms with van der Waals surface area (Å²) in [6.45, 7) is 4.70. The number of aromatic amines is 1. The number of hydrogen-bond acceptors (Lipinski definition) is 4. The van der Waals surface area contributed by atoms with E-state index in [0.717, 1.165) is 61.2 Å². The molecule has 0 spiro atoms. The van der Waals surface area contributed by atoms with Crippen molar-refractivity contribution < 1.29 is 4.79 Å². The summed E-state index contributed by atoms with van der Waals surface area (Å²) < 4.78 is 0. The molecule has 1 saturated heterocycles. The van der Waals surface area contributed by atoms with Gasteiger partial charge in [0, 0.05) is 36.1 Å². The van der Waals surface area contributed by atoms with Crippen molar-refractivity contribution >= 4 is 47.3 Å². The topological polar surface area (TPSA) is 77.2 Å². The van der Waals surface area contributed by atoms with Gasteiger partial charge >= 0.3 is 0 Å². The summed E-state index contributed by atoms with van der Waals surface area (Å²) in [6, 6.07) is 5.50. The van der Waals surface area contributed by atoms with Crippen molar-refractivity contribution in [2.45, 2.75) is 32.1 Å². The number of amides is 1. The first-order chi connectivity index (χ1) is 12.7. The first kappa shape index (κ1) is 22.5. The van der Waals surface area contributed by atoms with E-state index in [2.05, 4.69) is 20.5 Å². The van der Waals surface area contributed by atoms with Crippen molar-refractivity contribution in [2.24, 2.45) is 0 Å². The maximum absolute atomic E-state index is 12.5. The summed E-state index contributed by atoms with van der Waals surface area (Å²) in [5, 5.41) is 7.29. The second-order valence-corrected chi connectivity index (χ2v) is 7.26. The number of halogens is 2. The van der Waals surface area contributed by atoms with Gasteiger partial charge in [0.05, 0.1) is 11.2 Å². The van der Waals surface area contributed by atoms with Crippen LogP contribution >= 0.6 is 24.8 Å². The maximum atomic E-state index is 12.5. The molecule has 1 amide bonds. The van der Waals surface area contributed by atoms with Crippen LogP contribution in [0.2, 0.25) is 0 Å². The average molecular weight is 427 g/mol. The van der Waals surface area contributed by atoms with E-state index < -0.39 is 0 Å². The van der Waals surface area contributed by atoms with Gasteiger partial charge in [0.2, 0.25) is 0 Å². The minimum atomic E-state index is -0.0559. The molecule has 6 nitrogen and oxygen atoms in total. The molecule has 1 fully saturated rings. The standard InChI is InChI=1S/C20H26N4O2.2ClH/c25-19(22-9-12-24-10-2-1-3-11-24)14-6-7-17-16(13-14)18-15(20(26)23-17)5-4-8-21-18;;/h6-7,13,21H,1-5,8-12H2,(H,22,25)(H,23,26);2*1H. The Morgan fingerprint density at radius 2 is 1.89 bits per heavy atom. The van der Waals surface area contributed by atoms with E-state index in [1.165, 1.54) is 19.3 Å². The van der Waals surface area contributed by atoms with E-state index in [4.69, 9.17) is 0 Å². The van der Waals surface area contributed by atoms with Crippen LogP contribution in [0, 0.1) is 0 Å². The molecular formula is C20H28Cl2N4O2. The molecule has 4 rings (SSSR count). The molecule has 3 heterocycles. The molecule has 2 aliphatic heterocycles. The summed E-state index contributed by atoms with van der Waals surface area (Å²) in [4.78, 5) is 30.1. The molecule has 0 bridgehead atoms. The molecule has 0 radical (unpaired) electrons. The van der Waals surface area contributed by atoms with Gasteiger partial charge in [-0.2, -0.15) is 0 Å². The lowest BCUT2D eigenvalue weighted by Gasteiger charge is -2.26. The highest BCUT2D eigenvalue weighted by Gasteiger charge is 2.17. The van der Waals surface area contributed by atoms with Crippen molar-refractivity contribution in [1.29, 1.82) is 0 Å². The number of piperidine rings is 1. The maximum Gasteiger partial charge on any atom is 0.253 e. The summed E-state index contributed by atoms with van der Waals surface area (Å²) in [5.74, 6) is -0.0559. The Morgan fingerprint density at radius 3 is 2.68 bits per heavy atom. The lowest BCUT2D eigenvalue weighted by molar-refractivity contribution is 0.0946. The second-order valence-electron chi connectivity index (χ2n) is 7.26. The van der Waals surface area contributed by atoms with Crippen LogP contribution in [0.5, 0.6) is 0 Å². The highest BCUT2D eigenvalue weighted by Crippen LogP contribution is 2.28. The Hall–Kier alpha value is -1.76. The zero-order chi connectivity index (χ0) is 17.9. The fourth-order valence-corrected chi connectivity index (χ4v) is 4.01. The molecule has 28 heavy (non-hydrogen) atoms. The molecule has 8 heteroatoms. The Kier molecular flexibility index (Phi) is 8.16. The van der Waals surface area contributed by atoms with Gasteiger partial charge in [-0.3, -0.25) is 9.59 Å². The third kappa shape index (κ3) is 4.80. The molecule has 2 aromatic rings. The van der Waals surface area contributed by atoms with Crippen LogP contribution in [0.25, 0.3) is 10.9 Å². The van der Waals surface area contributed by atoms with Gasteiger partial charge in [-0.25, -0.2) is 0 Å². The highest BCUT2D eigenvalue weighted by atomic mass is 35.5. The molecule has 0 unspecified atom stereocenters. The number of carbonyl (C=O) groups is 1. The smallest absolute Gasteiger partial charge is 0.253 e. The molecule has 0 atom stereocenters. The number of pyridine rings is 1. The molecule has 154 valence electrons. The Morgan fingerprint density at radius 1 is 1.11 bits per heavy atom. The van der Waals surface area contributed by atoms with Crippen LogP contribution < -0.4 is 16.2 Å². The number of fused-ring (bicyclic) bond motifs is 3. The fourth-order valence-electron chi connectivity index (χ4n) is 4.01. The third-order valence-electron chi connectivity index (χ3n) is 5.44. The van der Waals surface area contributed by atoms with Gasteiger partial charge in [0.1, 0.15) is 0 Å². The number of benzene rings is 1. The Balaban J connectivity index is 0.00000140. The van der Waals surface area contributed by atoms with Crippen LogP contribution in [0.15, 0.2) is 23.0 Å². The van der Waals surface area contributed by atoms with Crippen LogP contribution in [0.4, 0.5) is 5.69 Å². The van der Waals surface area contributed by atoms with E-state index in [0.29, 0.717) is 12.1 Å². The summed E-state index contributed by atoms with van der Waals surface area (Å²) in [6.07, 6.45) is 5.57. The molecule has 0 aliphatic carbocycles. The lowest BCUT2D eigenvalue weighted by Crippen LogP contribution is -2.37. The van der Waals surface area contributed by atoms with Crippen molar-refractivity contribution in [3.63, 3.8) is 0 Å². The van der Waals surface area contributed by atoms with E-state index in [1.807, 2.05) is 12.1 Å². The molecular weight excluding hydrogens is 399 g/mol. The number of likely N-dealkylation sites (tertiary alicyclic amines) is 1.